The van der Waals surface area contributed by atoms with Crippen LogP contribution in [0.1, 0.15) is 61.6 Å². The second-order valence-corrected chi connectivity index (χ2v) is 5.26. The van der Waals surface area contributed by atoms with Crippen LogP contribution in [0.4, 0.5) is 0 Å². The van der Waals surface area contributed by atoms with E-state index < -0.39 is 5.97 Å². The van der Waals surface area contributed by atoms with Crippen molar-refractivity contribution < 1.29 is 9.90 Å². The molecule has 0 unspecified atom stereocenters. The third kappa shape index (κ3) is 3.83. The highest BCUT2D eigenvalue weighted by molar-refractivity contribution is 5.89. The first kappa shape index (κ1) is 14.6. The van der Waals surface area contributed by atoms with Gasteiger partial charge in [-0.05, 0) is 30.5 Å². The fraction of sp³-hybridized carbons (Fsp3) is 0.500. The summed E-state index contributed by atoms with van der Waals surface area (Å²) in [6.07, 6.45) is 8.75. The Labute approximate surface area is 119 Å². The summed E-state index contributed by atoms with van der Waals surface area (Å²) in [7, 11) is 0. The Morgan fingerprint density at radius 2 is 1.95 bits per heavy atom. The highest BCUT2D eigenvalue weighted by Gasteiger charge is 2.09. The first-order valence-corrected chi connectivity index (χ1v) is 7.42. The van der Waals surface area contributed by atoms with E-state index in [-0.39, 0.29) is 5.82 Å². The second kappa shape index (κ2) is 7.08. The van der Waals surface area contributed by atoms with Gasteiger partial charge in [0.25, 0.3) is 0 Å². The van der Waals surface area contributed by atoms with E-state index in [2.05, 4.69) is 16.9 Å². The van der Waals surface area contributed by atoms with Crippen molar-refractivity contribution in [2.75, 3.05) is 0 Å². The summed E-state index contributed by atoms with van der Waals surface area (Å²) in [5, 5.41) is 8.91. The zero-order valence-corrected chi connectivity index (χ0v) is 12.0. The van der Waals surface area contributed by atoms with Crippen LogP contribution in [-0.2, 0) is 6.42 Å². The van der Waals surface area contributed by atoms with Gasteiger partial charge in [-0.25, -0.2) is 9.78 Å². The number of carboxylic acids is 1. The largest absolute Gasteiger partial charge is 0.475 e. The lowest BCUT2D eigenvalue weighted by Gasteiger charge is -2.02. The summed E-state index contributed by atoms with van der Waals surface area (Å²) in [4.78, 5) is 17.7. The molecule has 0 aliphatic rings. The topological polar surface area (TPSA) is 66.0 Å². The van der Waals surface area contributed by atoms with Gasteiger partial charge in [-0.1, -0.05) is 45.1 Å². The molecule has 0 saturated heterocycles. The fourth-order valence-electron chi connectivity index (χ4n) is 2.42. The molecular formula is C16H22N2O2. The number of fused-ring (bicyclic) bond motifs is 1. The zero-order valence-electron chi connectivity index (χ0n) is 12.0. The van der Waals surface area contributed by atoms with Gasteiger partial charge in [0.2, 0.25) is 5.82 Å². The van der Waals surface area contributed by atoms with Crippen LogP contribution in [0.25, 0.3) is 11.0 Å². The Morgan fingerprint density at radius 3 is 2.70 bits per heavy atom. The van der Waals surface area contributed by atoms with Crippen molar-refractivity contribution >= 4 is 17.0 Å². The fourth-order valence-corrected chi connectivity index (χ4v) is 2.42. The molecule has 0 aliphatic carbocycles. The van der Waals surface area contributed by atoms with Crippen LogP contribution < -0.4 is 0 Å². The maximum absolute atomic E-state index is 10.9. The molecular weight excluding hydrogens is 252 g/mol. The number of H-pyrrole nitrogens is 1. The number of hydrogen-bond acceptors (Lipinski definition) is 2. The second-order valence-electron chi connectivity index (χ2n) is 5.26. The molecule has 1 aromatic heterocycles. The summed E-state index contributed by atoms with van der Waals surface area (Å²) in [5.41, 5.74) is 2.77. The molecule has 1 heterocycles. The summed E-state index contributed by atoms with van der Waals surface area (Å²) in [5.74, 6) is -1.00. The van der Waals surface area contributed by atoms with Crippen molar-refractivity contribution in [3.8, 4) is 0 Å². The van der Waals surface area contributed by atoms with Gasteiger partial charge in [-0.15, -0.1) is 0 Å². The lowest BCUT2D eigenvalue weighted by molar-refractivity contribution is 0.0685. The summed E-state index contributed by atoms with van der Waals surface area (Å²) >= 11 is 0. The van der Waals surface area contributed by atoms with Crippen molar-refractivity contribution in [3.05, 3.63) is 29.6 Å². The molecule has 0 saturated carbocycles. The van der Waals surface area contributed by atoms with Crippen LogP contribution in [-0.4, -0.2) is 21.0 Å². The van der Waals surface area contributed by atoms with Crippen LogP contribution in [0.15, 0.2) is 18.2 Å². The maximum atomic E-state index is 10.9. The van der Waals surface area contributed by atoms with Gasteiger partial charge in [0.05, 0.1) is 11.0 Å². The van der Waals surface area contributed by atoms with Crippen LogP contribution in [0.5, 0.6) is 0 Å². The van der Waals surface area contributed by atoms with Gasteiger partial charge in [-0.2, -0.15) is 0 Å². The Bertz CT molecular complexity index is 575. The number of nitrogens with one attached hydrogen (secondary N) is 1. The normalized spacial score (nSPS) is 11.1. The van der Waals surface area contributed by atoms with Gasteiger partial charge >= 0.3 is 5.97 Å². The summed E-state index contributed by atoms with van der Waals surface area (Å²) in [6.45, 7) is 2.23. The van der Waals surface area contributed by atoms with E-state index in [1.807, 2.05) is 18.2 Å². The van der Waals surface area contributed by atoms with Crippen LogP contribution in [0.3, 0.4) is 0 Å². The van der Waals surface area contributed by atoms with Gasteiger partial charge in [0, 0.05) is 0 Å². The van der Waals surface area contributed by atoms with Gasteiger partial charge < -0.3 is 10.1 Å². The predicted molar refractivity (Wildman–Crippen MR) is 80.1 cm³/mol. The average molecular weight is 274 g/mol. The van der Waals surface area contributed by atoms with Crippen molar-refractivity contribution in [3.63, 3.8) is 0 Å². The monoisotopic (exact) mass is 274 g/mol. The third-order valence-electron chi connectivity index (χ3n) is 3.57. The van der Waals surface area contributed by atoms with Crippen LogP contribution in [0, 0.1) is 0 Å². The molecule has 0 atom stereocenters. The minimum Gasteiger partial charge on any atom is -0.475 e. The van der Waals surface area contributed by atoms with E-state index in [9.17, 15) is 4.79 Å². The molecule has 0 aliphatic heterocycles. The predicted octanol–water partition coefficient (Wildman–Crippen LogP) is 4.16. The molecule has 0 amide bonds. The molecule has 4 heteroatoms. The van der Waals surface area contributed by atoms with Gasteiger partial charge in [0.1, 0.15) is 0 Å². The SMILES string of the molecule is CCCCCCCCc1ccc2nc(C(=O)O)[nH]c2c1. The molecule has 4 nitrogen and oxygen atoms in total. The number of aromatic amines is 1. The van der Waals surface area contributed by atoms with Crippen LogP contribution in [0.2, 0.25) is 0 Å². The third-order valence-corrected chi connectivity index (χ3v) is 3.57. The van der Waals surface area contributed by atoms with E-state index in [1.165, 1.54) is 44.1 Å². The molecule has 1 aromatic carbocycles. The van der Waals surface area contributed by atoms with E-state index in [0.29, 0.717) is 5.52 Å². The van der Waals surface area contributed by atoms with Crippen molar-refractivity contribution in [1.29, 1.82) is 0 Å². The lowest BCUT2D eigenvalue weighted by Crippen LogP contribution is -1.97. The number of rotatable bonds is 8. The minimum atomic E-state index is -1.02. The molecule has 20 heavy (non-hydrogen) atoms. The number of aryl methyl sites for hydroxylation is 1. The number of benzene rings is 1. The lowest BCUT2D eigenvalue weighted by atomic mass is 10.0. The van der Waals surface area contributed by atoms with Gasteiger partial charge in [-0.3, -0.25) is 0 Å². The highest BCUT2D eigenvalue weighted by atomic mass is 16.4. The van der Waals surface area contributed by atoms with Crippen molar-refractivity contribution in [1.82, 2.24) is 9.97 Å². The minimum absolute atomic E-state index is 0.0108. The Kier molecular flexibility index (Phi) is 5.16. The molecule has 0 fully saturated rings. The number of nitrogens with zero attached hydrogens (tertiary/aromatic N) is 1. The Morgan fingerprint density at radius 1 is 1.20 bits per heavy atom. The van der Waals surface area contributed by atoms with E-state index in [1.54, 1.807) is 0 Å². The van der Waals surface area contributed by atoms with Crippen molar-refractivity contribution in [2.24, 2.45) is 0 Å². The highest BCUT2D eigenvalue weighted by Crippen LogP contribution is 2.16. The quantitative estimate of drug-likeness (QED) is 0.710. The van der Waals surface area contributed by atoms with Crippen LogP contribution >= 0.6 is 0 Å². The molecule has 0 radical (unpaired) electrons. The van der Waals surface area contributed by atoms with E-state index >= 15 is 0 Å². The number of imidazole rings is 1. The first-order valence-electron chi connectivity index (χ1n) is 7.42. The number of hydrogen-bond donors (Lipinski definition) is 2. The standard InChI is InChI=1S/C16H22N2O2/c1-2-3-4-5-6-7-8-12-9-10-13-14(11-12)18-15(17-13)16(19)20/h9-11H,2-8H2,1H3,(H,17,18)(H,19,20). The molecule has 108 valence electrons. The maximum Gasteiger partial charge on any atom is 0.371 e. The smallest absolute Gasteiger partial charge is 0.371 e. The number of unbranched alkanes of at least 4 members (excludes halogenated alkanes) is 5. The average Bonchev–Trinajstić information content (AvgIpc) is 2.86. The number of aromatic nitrogens is 2. The molecule has 2 aromatic rings. The number of aromatic carboxylic acids is 1. The van der Waals surface area contributed by atoms with Crippen molar-refractivity contribution in [2.45, 2.75) is 51.9 Å². The number of carbonyl (C=O) groups is 1. The number of carboxylic acid groups (broad SMARTS) is 1. The molecule has 0 bridgehead atoms. The van der Waals surface area contributed by atoms with E-state index in [0.717, 1.165) is 11.9 Å². The molecule has 2 rings (SSSR count). The molecule has 0 spiro atoms. The Balaban J connectivity index is 1.89. The Hall–Kier alpha value is -1.84. The first-order chi connectivity index (χ1) is 9.70. The summed E-state index contributed by atoms with van der Waals surface area (Å²) in [6, 6.07) is 5.95. The summed E-state index contributed by atoms with van der Waals surface area (Å²) < 4.78 is 0. The zero-order chi connectivity index (χ0) is 14.4. The van der Waals surface area contributed by atoms with Gasteiger partial charge in [0.15, 0.2) is 0 Å². The molecule has 2 N–H and O–H groups in total. The van der Waals surface area contributed by atoms with E-state index in [4.69, 9.17) is 5.11 Å².